The van der Waals surface area contributed by atoms with E-state index in [9.17, 15) is 14.0 Å². The van der Waals surface area contributed by atoms with Crippen LogP contribution in [0.3, 0.4) is 0 Å². The van der Waals surface area contributed by atoms with E-state index < -0.39 is 0 Å². The Bertz CT molecular complexity index is 1080. The molecule has 0 saturated heterocycles. The molecule has 5 nitrogen and oxygen atoms in total. The number of nitrogens with zero attached hydrogens (tertiary/aromatic N) is 2. The number of carbonyl (C=O) groups is 2. The quantitative estimate of drug-likeness (QED) is 0.442. The number of amides is 3. The lowest BCUT2D eigenvalue weighted by atomic mass is 10.1. The molecule has 172 valence electrons. The summed E-state index contributed by atoms with van der Waals surface area (Å²) >= 11 is 1.58. The standard InChI is InChI=1S/C26H28FN3O2S/c1-2-20-6-3-4-8-24(20)28-26(32)30(22-13-14-22)18-25(31)29(17-23-7-5-15-33-23)16-19-9-11-21(27)12-10-19/h3-12,15,22H,2,13-14,16-18H2,1H3,(H,28,32). The van der Waals surface area contributed by atoms with Crippen LogP contribution in [0.15, 0.2) is 66.0 Å². The predicted octanol–water partition coefficient (Wildman–Crippen LogP) is 5.67. The Kier molecular flexibility index (Phi) is 7.40. The summed E-state index contributed by atoms with van der Waals surface area (Å²) in [4.78, 5) is 31.0. The average Bonchev–Trinajstić information content (AvgIpc) is 3.53. The maximum absolute atomic E-state index is 13.4. The number of aryl methyl sites for hydroxylation is 1. The Morgan fingerprint density at radius 3 is 2.45 bits per heavy atom. The highest BCUT2D eigenvalue weighted by molar-refractivity contribution is 7.09. The van der Waals surface area contributed by atoms with Gasteiger partial charge >= 0.3 is 6.03 Å². The Labute approximate surface area is 197 Å². The zero-order valence-electron chi connectivity index (χ0n) is 18.7. The van der Waals surface area contributed by atoms with E-state index in [4.69, 9.17) is 0 Å². The number of anilines is 1. The van der Waals surface area contributed by atoms with Gasteiger partial charge in [-0.05, 0) is 60.0 Å². The number of carbonyl (C=O) groups excluding carboxylic acids is 2. The first-order valence-electron chi connectivity index (χ1n) is 11.2. The average molecular weight is 466 g/mol. The first-order chi connectivity index (χ1) is 16.0. The molecule has 0 atom stereocenters. The van der Waals surface area contributed by atoms with Crippen LogP contribution in [-0.2, 0) is 24.3 Å². The van der Waals surface area contributed by atoms with Crippen LogP contribution < -0.4 is 5.32 Å². The Hall–Kier alpha value is -3.19. The third kappa shape index (κ3) is 6.20. The molecule has 4 rings (SSSR count). The number of thiophene rings is 1. The number of halogens is 1. The molecule has 2 aromatic carbocycles. The van der Waals surface area contributed by atoms with Crippen LogP contribution in [0.5, 0.6) is 0 Å². The minimum absolute atomic E-state index is 0.0113. The van der Waals surface area contributed by atoms with Gasteiger partial charge in [-0.25, -0.2) is 9.18 Å². The van der Waals surface area contributed by atoms with Crippen LogP contribution in [0.4, 0.5) is 14.9 Å². The van der Waals surface area contributed by atoms with Gasteiger partial charge in [0.2, 0.25) is 5.91 Å². The van der Waals surface area contributed by atoms with Crippen LogP contribution in [0, 0.1) is 5.82 Å². The van der Waals surface area contributed by atoms with Crippen molar-refractivity contribution in [2.24, 2.45) is 0 Å². The Balaban J connectivity index is 1.49. The van der Waals surface area contributed by atoms with Gasteiger partial charge in [0.15, 0.2) is 0 Å². The molecule has 33 heavy (non-hydrogen) atoms. The summed E-state index contributed by atoms with van der Waals surface area (Å²) in [6.45, 7) is 2.87. The molecule has 1 aliphatic rings. The molecule has 3 amide bonds. The number of urea groups is 1. The van der Waals surface area contributed by atoms with Gasteiger partial charge in [0, 0.05) is 23.2 Å². The van der Waals surface area contributed by atoms with Crippen molar-refractivity contribution in [2.45, 2.75) is 45.3 Å². The molecule has 0 bridgehead atoms. The van der Waals surface area contributed by atoms with E-state index >= 15 is 0 Å². The van der Waals surface area contributed by atoms with E-state index in [0.717, 1.165) is 41.0 Å². The number of hydrogen-bond acceptors (Lipinski definition) is 3. The zero-order valence-corrected chi connectivity index (χ0v) is 19.5. The van der Waals surface area contributed by atoms with Gasteiger partial charge < -0.3 is 15.1 Å². The van der Waals surface area contributed by atoms with Crippen molar-refractivity contribution < 1.29 is 14.0 Å². The lowest BCUT2D eigenvalue weighted by molar-refractivity contribution is -0.133. The van der Waals surface area contributed by atoms with Crippen molar-refractivity contribution in [1.29, 1.82) is 0 Å². The second-order valence-corrected chi connectivity index (χ2v) is 9.29. The van der Waals surface area contributed by atoms with E-state index in [1.807, 2.05) is 48.7 Å². The second kappa shape index (κ2) is 10.6. The van der Waals surface area contributed by atoms with Crippen LogP contribution in [0.25, 0.3) is 0 Å². The normalized spacial score (nSPS) is 12.9. The first kappa shape index (κ1) is 23.0. The molecule has 1 saturated carbocycles. The van der Waals surface area contributed by atoms with Gasteiger partial charge in [-0.1, -0.05) is 43.3 Å². The molecule has 1 aliphatic carbocycles. The summed E-state index contributed by atoms with van der Waals surface area (Å²) in [7, 11) is 0. The van der Waals surface area contributed by atoms with Gasteiger partial charge in [0.25, 0.3) is 0 Å². The van der Waals surface area contributed by atoms with Gasteiger partial charge in [-0.2, -0.15) is 0 Å². The third-order valence-electron chi connectivity index (χ3n) is 5.76. The summed E-state index contributed by atoms with van der Waals surface area (Å²) in [6, 6.07) is 17.7. The van der Waals surface area contributed by atoms with Crippen molar-refractivity contribution in [2.75, 3.05) is 11.9 Å². The van der Waals surface area contributed by atoms with E-state index in [2.05, 4.69) is 5.32 Å². The summed E-state index contributed by atoms with van der Waals surface area (Å²) in [5.41, 5.74) is 2.69. The van der Waals surface area contributed by atoms with Crippen LogP contribution in [-0.4, -0.2) is 34.3 Å². The Morgan fingerprint density at radius 2 is 1.79 bits per heavy atom. The van der Waals surface area contributed by atoms with E-state index in [1.165, 1.54) is 12.1 Å². The van der Waals surface area contributed by atoms with Crippen molar-refractivity contribution in [3.8, 4) is 0 Å². The van der Waals surface area contributed by atoms with E-state index in [1.54, 1.807) is 33.3 Å². The molecule has 1 aromatic heterocycles. The van der Waals surface area contributed by atoms with Gasteiger partial charge in [-0.15, -0.1) is 11.3 Å². The summed E-state index contributed by atoms with van der Waals surface area (Å²) in [6.07, 6.45) is 2.61. The maximum Gasteiger partial charge on any atom is 0.322 e. The minimum atomic E-state index is -0.307. The number of hydrogen-bond donors (Lipinski definition) is 1. The maximum atomic E-state index is 13.4. The monoisotopic (exact) mass is 465 g/mol. The molecule has 0 unspecified atom stereocenters. The third-order valence-corrected chi connectivity index (χ3v) is 6.62. The SMILES string of the molecule is CCc1ccccc1NC(=O)N(CC(=O)N(Cc1ccc(F)cc1)Cc1cccs1)C1CC1. The fourth-order valence-corrected chi connectivity index (χ4v) is 4.49. The van der Waals surface area contributed by atoms with Crippen LogP contribution in [0.1, 0.15) is 35.8 Å². The van der Waals surface area contributed by atoms with E-state index in [-0.39, 0.29) is 30.3 Å². The number of rotatable bonds is 9. The summed E-state index contributed by atoms with van der Waals surface area (Å²) in [5, 5.41) is 4.98. The van der Waals surface area contributed by atoms with Gasteiger partial charge in [0.1, 0.15) is 12.4 Å². The summed E-state index contributed by atoms with van der Waals surface area (Å²) < 4.78 is 13.3. The van der Waals surface area contributed by atoms with E-state index in [0.29, 0.717) is 13.1 Å². The van der Waals surface area contributed by atoms with Crippen molar-refractivity contribution >= 4 is 29.0 Å². The highest BCUT2D eigenvalue weighted by atomic mass is 32.1. The second-order valence-electron chi connectivity index (χ2n) is 8.26. The van der Waals surface area contributed by atoms with Gasteiger partial charge in [-0.3, -0.25) is 4.79 Å². The molecule has 0 spiro atoms. The zero-order chi connectivity index (χ0) is 23.2. The predicted molar refractivity (Wildman–Crippen MR) is 130 cm³/mol. The lowest BCUT2D eigenvalue weighted by Gasteiger charge is -2.28. The number of para-hydroxylation sites is 1. The largest absolute Gasteiger partial charge is 0.332 e. The molecule has 1 heterocycles. The number of nitrogens with one attached hydrogen (secondary N) is 1. The number of benzene rings is 2. The molecule has 1 N–H and O–H groups in total. The highest BCUT2D eigenvalue weighted by Gasteiger charge is 2.35. The van der Waals surface area contributed by atoms with Crippen LogP contribution >= 0.6 is 11.3 Å². The molecular weight excluding hydrogens is 437 g/mol. The van der Waals surface area contributed by atoms with Crippen LogP contribution in [0.2, 0.25) is 0 Å². The van der Waals surface area contributed by atoms with Crippen molar-refractivity contribution in [3.63, 3.8) is 0 Å². The topological polar surface area (TPSA) is 52.7 Å². The Morgan fingerprint density at radius 1 is 1.03 bits per heavy atom. The fraction of sp³-hybridized carbons (Fsp3) is 0.308. The molecule has 3 aromatic rings. The fourth-order valence-electron chi connectivity index (χ4n) is 3.77. The first-order valence-corrected chi connectivity index (χ1v) is 12.1. The molecular formula is C26H28FN3O2S. The molecule has 7 heteroatoms. The molecule has 0 aliphatic heterocycles. The van der Waals surface area contributed by atoms with Crippen molar-refractivity contribution in [1.82, 2.24) is 9.80 Å². The molecule has 1 fully saturated rings. The van der Waals surface area contributed by atoms with Crippen molar-refractivity contribution in [3.05, 3.63) is 87.9 Å². The highest BCUT2D eigenvalue weighted by Crippen LogP contribution is 2.28. The lowest BCUT2D eigenvalue weighted by Crippen LogP contribution is -2.45. The smallest absolute Gasteiger partial charge is 0.322 e. The minimum Gasteiger partial charge on any atom is -0.332 e. The van der Waals surface area contributed by atoms with Gasteiger partial charge in [0.05, 0.1) is 6.54 Å². The molecule has 0 radical (unpaired) electrons. The summed E-state index contributed by atoms with van der Waals surface area (Å²) in [5.74, 6) is -0.433.